The summed E-state index contributed by atoms with van der Waals surface area (Å²) in [6.45, 7) is 6.84. The van der Waals surface area contributed by atoms with Gasteiger partial charge >= 0.3 is 5.97 Å². The number of Topliss-reactive ketones (excluding diaryl/α,β-unsaturated/α-hetero) is 1. The van der Waals surface area contributed by atoms with Crippen LogP contribution in [0.2, 0.25) is 0 Å². The molecular formula is C12H20N2O3. The smallest absolute Gasteiger partial charge is 0.304 e. The zero-order valence-corrected chi connectivity index (χ0v) is 10.3. The Hall–Kier alpha value is -0.940. The van der Waals surface area contributed by atoms with Crippen molar-refractivity contribution in [3.05, 3.63) is 0 Å². The lowest BCUT2D eigenvalue weighted by Gasteiger charge is -2.44. The monoisotopic (exact) mass is 240 g/mol. The first-order valence-corrected chi connectivity index (χ1v) is 6.30. The van der Waals surface area contributed by atoms with E-state index in [0.717, 1.165) is 32.7 Å². The van der Waals surface area contributed by atoms with E-state index in [0.29, 0.717) is 12.3 Å². The number of fused-ring (bicyclic) bond motifs is 2. The Bertz CT molecular complexity index is 301. The van der Waals surface area contributed by atoms with Gasteiger partial charge < -0.3 is 14.9 Å². The topological polar surface area (TPSA) is 60.9 Å². The number of ketones is 1. The number of rotatable bonds is 4. The number of carbonyl (C=O) groups excluding carboxylic acids is 1. The number of aliphatic carboxylic acids is 1. The molecule has 5 nitrogen and oxygen atoms in total. The average molecular weight is 240 g/mol. The second-order valence-electron chi connectivity index (χ2n) is 5.05. The fraction of sp³-hybridized carbons (Fsp3) is 0.833. The Morgan fingerprint density at radius 3 is 2.24 bits per heavy atom. The van der Waals surface area contributed by atoms with Crippen LogP contribution in [0.15, 0.2) is 0 Å². The van der Waals surface area contributed by atoms with Crippen molar-refractivity contribution in [1.82, 2.24) is 9.80 Å². The molecule has 0 aromatic carbocycles. The zero-order valence-electron chi connectivity index (χ0n) is 10.3. The second-order valence-corrected chi connectivity index (χ2v) is 5.05. The van der Waals surface area contributed by atoms with Crippen LogP contribution in [0.4, 0.5) is 0 Å². The molecule has 96 valence electrons. The van der Waals surface area contributed by atoms with Gasteiger partial charge in [-0.1, -0.05) is 6.92 Å². The van der Waals surface area contributed by atoms with E-state index in [1.165, 1.54) is 0 Å². The summed E-state index contributed by atoms with van der Waals surface area (Å²) in [4.78, 5) is 27.0. The molecule has 2 heterocycles. The maximum absolute atomic E-state index is 12.0. The molecule has 0 radical (unpaired) electrons. The van der Waals surface area contributed by atoms with Gasteiger partial charge in [-0.15, -0.1) is 0 Å². The molecule has 2 aliphatic heterocycles. The van der Waals surface area contributed by atoms with Gasteiger partial charge in [0.05, 0.1) is 6.42 Å². The number of likely N-dealkylation sites (tertiary alicyclic amines) is 2. The highest BCUT2D eigenvalue weighted by Crippen LogP contribution is 2.25. The summed E-state index contributed by atoms with van der Waals surface area (Å²) in [5.74, 6) is -0.184. The largest absolute Gasteiger partial charge is 0.481 e. The second kappa shape index (κ2) is 5.14. The molecule has 0 spiro atoms. The molecule has 1 N–H and O–H groups in total. The third kappa shape index (κ3) is 2.84. The van der Waals surface area contributed by atoms with Gasteiger partial charge in [0.1, 0.15) is 5.78 Å². The van der Waals surface area contributed by atoms with Crippen molar-refractivity contribution < 1.29 is 14.7 Å². The lowest BCUT2D eigenvalue weighted by molar-refractivity contribution is -0.139. The van der Waals surface area contributed by atoms with E-state index in [4.69, 9.17) is 5.11 Å². The first-order chi connectivity index (χ1) is 8.10. The molecule has 2 aliphatic rings. The van der Waals surface area contributed by atoms with Gasteiger partial charge in [0, 0.05) is 44.6 Å². The van der Waals surface area contributed by atoms with Crippen LogP contribution in [0, 0.1) is 11.8 Å². The Balaban J connectivity index is 1.93. The van der Waals surface area contributed by atoms with Crippen molar-refractivity contribution in [3.63, 3.8) is 0 Å². The number of carboxylic acid groups (broad SMARTS) is 1. The van der Waals surface area contributed by atoms with E-state index in [9.17, 15) is 9.59 Å². The van der Waals surface area contributed by atoms with Crippen molar-refractivity contribution >= 4 is 11.8 Å². The molecule has 2 saturated heterocycles. The molecule has 2 rings (SSSR count). The third-order valence-electron chi connectivity index (χ3n) is 3.81. The summed E-state index contributed by atoms with van der Waals surface area (Å²) >= 11 is 0. The number of piperidine rings is 2. The minimum atomic E-state index is -0.762. The van der Waals surface area contributed by atoms with Crippen molar-refractivity contribution in [2.75, 3.05) is 39.3 Å². The van der Waals surface area contributed by atoms with Gasteiger partial charge in [-0.05, 0) is 6.54 Å². The zero-order chi connectivity index (χ0) is 12.4. The minimum Gasteiger partial charge on any atom is -0.481 e. The molecule has 0 aromatic rings. The molecular weight excluding hydrogens is 220 g/mol. The molecule has 17 heavy (non-hydrogen) atoms. The molecule has 5 heteroatoms. The van der Waals surface area contributed by atoms with Gasteiger partial charge in [0.2, 0.25) is 0 Å². The normalized spacial score (nSPS) is 30.5. The van der Waals surface area contributed by atoms with Crippen LogP contribution in [-0.4, -0.2) is 65.9 Å². The molecule has 2 atom stereocenters. The van der Waals surface area contributed by atoms with E-state index in [1.54, 1.807) is 0 Å². The predicted octanol–water partition coefficient (Wildman–Crippen LogP) is -0.0863. The quantitative estimate of drug-likeness (QED) is 0.744. The van der Waals surface area contributed by atoms with Crippen molar-refractivity contribution in [3.8, 4) is 0 Å². The highest BCUT2D eigenvalue weighted by Gasteiger charge is 2.40. The Kier molecular flexibility index (Phi) is 3.79. The van der Waals surface area contributed by atoms with Crippen LogP contribution in [0.5, 0.6) is 0 Å². The van der Waals surface area contributed by atoms with E-state index in [1.807, 2.05) is 0 Å². The number of carbonyl (C=O) groups is 2. The van der Waals surface area contributed by atoms with Gasteiger partial charge in [0.15, 0.2) is 0 Å². The van der Waals surface area contributed by atoms with Crippen molar-refractivity contribution in [2.45, 2.75) is 13.3 Å². The summed E-state index contributed by atoms with van der Waals surface area (Å²) in [5, 5.41) is 8.68. The number of hydrogen-bond donors (Lipinski definition) is 1. The van der Waals surface area contributed by atoms with E-state index in [-0.39, 0.29) is 18.3 Å². The van der Waals surface area contributed by atoms with Crippen LogP contribution < -0.4 is 0 Å². The first-order valence-electron chi connectivity index (χ1n) is 6.30. The summed E-state index contributed by atoms with van der Waals surface area (Å²) < 4.78 is 0. The van der Waals surface area contributed by atoms with E-state index in [2.05, 4.69) is 16.7 Å². The van der Waals surface area contributed by atoms with Crippen LogP contribution in [-0.2, 0) is 9.59 Å². The fourth-order valence-electron chi connectivity index (χ4n) is 2.90. The van der Waals surface area contributed by atoms with E-state index < -0.39 is 5.97 Å². The summed E-state index contributed by atoms with van der Waals surface area (Å²) in [5.41, 5.74) is 0. The van der Waals surface area contributed by atoms with Crippen LogP contribution in [0.3, 0.4) is 0 Å². The molecule has 0 amide bonds. The van der Waals surface area contributed by atoms with Crippen LogP contribution in [0.25, 0.3) is 0 Å². The van der Waals surface area contributed by atoms with Gasteiger partial charge in [-0.3, -0.25) is 9.59 Å². The molecule has 0 aliphatic carbocycles. The molecule has 0 aromatic heterocycles. The number of hydrogen-bond acceptors (Lipinski definition) is 4. The Morgan fingerprint density at radius 2 is 1.76 bits per heavy atom. The maximum Gasteiger partial charge on any atom is 0.304 e. The van der Waals surface area contributed by atoms with Gasteiger partial charge in [-0.25, -0.2) is 0 Å². The van der Waals surface area contributed by atoms with Crippen molar-refractivity contribution in [2.24, 2.45) is 11.8 Å². The Morgan fingerprint density at radius 1 is 1.24 bits per heavy atom. The number of carboxylic acids is 1. The van der Waals surface area contributed by atoms with Crippen LogP contribution >= 0.6 is 0 Å². The van der Waals surface area contributed by atoms with Crippen LogP contribution in [0.1, 0.15) is 13.3 Å². The minimum absolute atomic E-state index is 0.0937. The average Bonchev–Trinajstić information content (AvgIpc) is 2.26. The maximum atomic E-state index is 12.0. The fourth-order valence-corrected chi connectivity index (χ4v) is 2.90. The van der Waals surface area contributed by atoms with Crippen molar-refractivity contribution in [1.29, 1.82) is 0 Å². The Labute approximate surface area is 101 Å². The lowest BCUT2D eigenvalue weighted by atomic mass is 9.83. The highest BCUT2D eigenvalue weighted by molar-refractivity contribution is 5.85. The predicted molar refractivity (Wildman–Crippen MR) is 62.8 cm³/mol. The standard InChI is InChI=1S/C12H20N2O3/c1-2-13-5-9-7-14(4-3-11(15)16)8-10(6-13)12(9)17/h9-10H,2-8H2,1H3,(H,15,16). The number of nitrogens with zero attached hydrogens (tertiary/aromatic N) is 2. The summed E-state index contributed by atoms with van der Waals surface area (Å²) in [6.07, 6.45) is 0.172. The third-order valence-corrected chi connectivity index (χ3v) is 3.81. The summed E-state index contributed by atoms with van der Waals surface area (Å²) in [7, 11) is 0. The lowest BCUT2D eigenvalue weighted by Crippen LogP contribution is -2.58. The SMILES string of the molecule is CCN1CC2CN(CCC(=O)O)CC(C1)C2=O. The molecule has 0 saturated carbocycles. The first kappa shape index (κ1) is 12.5. The van der Waals surface area contributed by atoms with E-state index >= 15 is 0 Å². The molecule has 2 bridgehead atoms. The molecule has 2 fully saturated rings. The van der Waals surface area contributed by atoms with Gasteiger partial charge in [-0.2, -0.15) is 0 Å². The summed E-state index contributed by atoms with van der Waals surface area (Å²) in [6, 6.07) is 0. The molecule has 2 unspecified atom stereocenters. The van der Waals surface area contributed by atoms with Gasteiger partial charge in [0.25, 0.3) is 0 Å². The highest BCUT2D eigenvalue weighted by atomic mass is 16.4.